The van der Waals surface area contributed by atoms with E-state index in [4.69, 9.17) is 14.2 Å². The molecule has 1 amide bonds. The van der Waals surface area contributed by atoms with E-state index < -0.39 is 0 Å². The molecule has 28 heavy (non-hydrogen) atoms. The van der Waals surface area contributed by atoms with E-state index in [0.717, 1.165) is 49.7 Å². The molecule has 0 aromatic heterocycles. The lowest BCUT2D eigenvalue weighted by atomic mass is 10.1. The van der Waals surface area contributed by atoms with Crippen LogP contribution in [0.4, 0.5) is 11.4 Å². The summed E-state index contributed by atoms with van der Waals surface area (Å²) in [6.07, 6.45) is 0.996. The molecule has 1 unspecified atom stereocenters. The third-order valence-electron chi connectivity index (χ3n) is 5.05. The molecule has 0 saturated carbocycles. The third kappa shape index (κ3) is 3.92. The molecule has 0 radical (unpaired) electrons. The highest BCUT2D eigenvalue weighted by atomic mass is 16.5. The second-order valence-electron chi connectivity index (χ2n) is 7.12. The summed E-state index contributed by atoms with van der Waals surface area (Å²) in [7, 11) is 0. The first-order chi connectivity index (χ1) is 13.6. The average molecular weight is 382 g/mol. The first-order valence-corrected chi connectivity index (χ1v) is 9.84. The normalized spacial score (nSPS) is 18.4. The Morgan fingerprint density at radius 1 is 1.21 bits per heavy atom. The molecule has 2 aliphatic heterocycles. The quantitative estimate of drug-likeness (QED) is 0.858. The minimum absolute atomic E-state index is 0.142. The predicted molar refractivity (Wildman–Crippen MR) is 109 cm³/mol. The predicted octanol–water partition coefficient (Wildman–Crippen LogP) is 3.50. The van der Waals surface area contributed by atoms with Gasteiger partial charge in [0.05, 0.1) is 25.5 Å². The molecule has 0 aliphatic carbocycles. The van der Waals surface area contributed by atoms with Crippen molar-refractivity contribution in [2.75, 3.05) is 43.1 Å². The Kier molecular flexibility index (Phi) is 5.39. The molecule has 1 saturated heterocycles. The highest BCUT2D eigenvalue weighted by Crippen LogP contribution is 2.38. The molecular weight excluding hydrogens is 356 g/mol. The maximum Gasteiger partial charge on any atom is 0.255 e. The summed E-state index contributed by atoms with van der Waals surface area (Å²) in [5, 5.41) is 2.98. The van der Waals surface area contributed by atoms with Crippen molar-refractivity contribution in [3.63, 3.8) is 0 Å². The van der Waals surface area contributed by atoms with E-state index in [1.54, 1.807) is 0 Å². The summed E-state index contributed by atoms with van der Waals surface area (Å²) in [5.41, 5.74) is 3.46. The van der Waals surface area contributed by atoms with Gasteiger partial charge in [0.15, 0.2) is 0 Å². The number of morpholine rings is 1. The summed E-state index contributed by atoms with van der Waals surface area (Å²) in [6, 6.07) is 11.5. The highest BCUT2D eigenvalue weighted by Gasteiger charge is 2.23. The fourth-order valence-electron chi connectivity index (χ4n) is 3.65. The van der Waals surface area contributed by atoms with Gasteiger partial charge in [0, 0.05) is 42.4 Å². The lowest BCUT2D eigenvalue weighted by Crippen LogP contribution is -2.36. The van der Waals surface area contributed by atoms with Crippen LogP contribution in [0.5, 0.6) is 11.5 Å². The highest BCUT2D eigenvalue weighted by molar-refractivity contribution is 6.05. The van der Waals surface area contributed by atoms with Gasteiger partial charge in [-0.05, 0) is 44.2 Å². The summed E-state index contributed by atoms with van der Waals surface area (Å²) in [5.74, 6) is 1.33. The number of benzene rings is 2. The molecule has 1 N–H and O–H groups in total. The Balaban J connectivity index is 1.51. The van der Waals surface area contributed by atoms with Crippen LogP contribution in [0.3, 0.4) is 0 Å². The minimum Gasteiger partial charge on any atom is -0.492 e. The molecule has 2 aromatic carbocycles. The molecule has 1 fully saturated rings. The van der Waals surface area contributed by atoms with Crippen LogP contribution >= 0.6 is 0 Å². The fourth-order valence-corrected chi connectivity index (χ4v) is 3.65. The summed E-state index contributed by atoms with van der Waals surface area (Å²) in [6.45, 7) is 7.72. The number of hydrogen-bond donors (Lipinski definition) is 1. The summed E-state index contributed by atoms with van der Waals surface area (Å²) >= 11 is 0. The van der Waals surface area contributed by atoms with Crippen LogP contribution in [-0.2, 0) is 11.2 Å². The maximum atomic E-state index is 12.8. The first kappa shape index (κ1) is 18.6. The van der Waals surface area contributed by atoms with Crippen molar-refractivity contribution in [2.24, 2.45) is 0 Å². The number of carbonyl (C=O) groups is 1. The number of rotatable bonds is 5. The lowest BCUT2D eigenvalue weighted by Gasteiger charge is -2.28. The standard InChI is InChI=1S/C22H26N2O4/c1-3-27-21-13-17-12-15(2)28-20(17)14-19(21)23-22(25)16-4-6-18(7-5-16)24-8-10-26-11-9-24/h4-7,13-15H,3,8-12H2,1-2H3,(H,23,25). The fraction of sp³-hybridized carbons (Fsp3) is 0.409. The van der Waals surface area contributed by atoms with E-state index in [1.807, 2.05) is 50.2 Å². The molecule has 2 heterocycles. The number of nitrogens with zero attached hydrogens (tertiary/aromatic N) is 1. The van der Waals surface area contributed by atoms with Crippen molar-refractivity contribution in [1.29, 1.82) is 0 Å². The average Bonchev–Trinajstić information content (AvgIpc) is 3.08. The number of amides is 1. The van der Waals surface area contributed by atoms with Gasteiger partial charge in [-0.1, -0.05) is 0 Å². The van der Waals surface area contributed by atoms with Crippen molar-refractivity contribution in [3.8, 4) is 11.5 Å². The zero-order chi connectivity index (χ0) is 19.5. The molecule has 2 aromatic rings. The SMILES string of the molecule is CCOc1cc2c(cc1NC(=O)c1ccc(N3CCOCC3)cc1)OC(C)C2. The Labute approximate surface area is 165 Å². The molecule has 0 spiro atoms. The lowest BCUT2D eigenvalue weighted by molar-refractivity contribution is 0.102. The minimum atomic E-state index is -0.166. The molecule has 2 aliphatic rings. The summed E-state index contributed by atoms with van der Waals surface area (Å²) < 4.78 is 17.0. The third-order valence-corrected chi connectivity index (χ3v) is 5.05. The zero-order valence-corrected chi connectivity index (χ0v) is 16.4. The number of carbonyl (C=O) groups excluding carboxylic acids is 1. The number of hydrogen-bond acceptors (Lipinski definition) is 5. The van der Waals surface area contributed by atoms with Gasteiger partial charge >= 0.3 is 0 Å². The van der Waals surface area contributed by atoms with Crippen LogP contribution < -0.4 is 19.7 Å². The topological polar surface area (TPSA) is 60.0 Å². The van der Waals surface area contributed by atoms with Gasteiger partial charge in [-0.2, -0.15) is 0 Å². The second-order valence-corrected chi connectivity index (χ2v) is 7.12. The molecule has 1 atom stereocenters. The van der Waals surface area contributed by atoms with Crippen LogP contribution in [0, 0.1) is 0 Å². The van der Waals surface area contributed by atoms with Crippen molar-refractivity contribution in [3.05, 3.63) is 47.5 Å². The van der Waals surface area contributed by atoms with Gasteiger partial charge in [0.2, 0.25) is 0 Å². The van der Waals surface area contributed by atoms with E-state index in [1.165, 1.54) is 0 Å². The Bertz CT molecular complexity index is 844. The van der Waals surface area contributed by atoms with Gasteiger partial charge in [-0.15, -0.1) is 0 Å². The van der Waals surface area contributed by atoms with Crippen LogP contribution in [0.15, 0.2) is 36.4 Å². The van der Waals surface area contributed by atoms with Gasteiger partial charge in [0.1, 0.15) is 17.6 Å². The Hall–Kier alpha value is -2.73. The van der Waals surface area contributed by atoms with Crippen molar-refractivity contribution >= 4 is 17.3 Å². The largest absolute Gasteiger partial charge is 0.492 e. The molecule has 0 bridgehead atoms. The molecule has 148 valence electrons. The van der Waals surface area contributed by atoms with Gasteiger partial charge in [-0.3, -0.25) is 4.79 Å². The molecule has 6 heteroatoms. The number of anilines is 2. The van der Waals surface area contributed by atoms with Crippen molar-refractivity contribution in [2.45, 2.75) is 26.4 Å². The number of nitrogens with one attached hydrogen (secondary N) is 1. The van der Waals surface area contributed by atoms with Gasteiger partial charge < -0.3 is 24.4 Å². The van der Waals surface area contributed by atoms with E-state index in [0.29, 0.717) is 23.6 Å². The molecule has 6 nitrogen and oxygen atoms in total. The summed E-state index contributed by atoms with van der Waals surface area (Å²) in [4.78, 5) is 15.0. The van der Waals surface area contributed by atoms with Crippen LogP contribution in [0.1, 0.15) is 29.8 Å². The van der Waals surface area contributed by atoms with E-state index >= 15 is 0 Å². The van der Waals surface area contributed by atoms with Crippen LogP contribution in [0.25, 0.3) is 0 Å². The number of fused-ring (bicyclic) bond motifs is 1. The molecule has 4 rings (SSSR count). The van der Waals surface area contributed by atoms with E-state index in [-0.39, 0.29) is 12.0 Å². The van der Waals surface area contributed by atoms with Gasteiger partial charge in [-0.25, -0.2) is 0 Å². The Morgan fingerprint density at radius 3 is 2.68 bits per heavy atom. The van der Waals surface area contributed by atoms with Crippen molar-refractivity contribution in [1.82, 2.24) is 0 Å². The van der Waals surface area contributed by atoms with E-state index in [9.17, 15) is 4.79 Å². The number of ether oxygens (including phenoxy) is 3. The van der Waals surface area contributed by atoms with Gasteiger partial charge in [0.25, 0.3) is 5.91 Å². The smallest absolute Gasteiger partial charge is 0.255 e. The zero-order valence-electron chi connectivity index (χ0n) is 16.4. The first-order valence-electron chi connectivity index (χ1n) is 9.84. The van der Waals surface area contributed by atoms with Crippen molar-refractivity contribution < 1.29 is 19.0 Å². The van der Waals surface area contributed by atoms with E-state index in [2.05, 4.69) is 10.2 Å². The maximum absolute atomic E-state index is 12.8. The van der Waals surface area contributed by atoms with Crippen LogP contribution in [-0.4, -0.2) is 44.9 Å². The monoisotopic (exact) mass is 382 g/mol. The Morgan fingerprint density at radius 2 is 1.96 bits per heavy atom. The second kappa shape index (κ2) is 8.10. The van der Waals surface area contributed by atoms with Crippen LogP contribution in [0.2, 0.25) is 0 Å². The molecular formula is C22H26N2O4.